The highest BCUT2D eigenvalue weighted by Gasteiger charge is 2.42. The third-order valence-corrected chi connectivity index (χ3v) is 13.3. The van der Waals surface area contributed by atoms with Crippen LogP contribution in [0.3, 0.4) is 0 Å². The van der Waals surface area contributed by atoms with Gasteiger partial charge < -0.3 is 9.47 Å². The smallest absolute Gasteiger partial charge is 0.130 e. The second-order valence-corrected chi connectivity index (χ2v) is 15.1. The molecule has 2 nitrogen and oxygen atoms in total. The van der Waals surface area contributed by atoms with E-state index in [0.29, 0.717) is 6.61 Å². The summed E-state index contributed by atoms with van der Waals surface area (Å²) >= 11 is 1.89. The lowest BCUT2D eigenvalue weighted by Crippen LogP contribution is -2.25. The van der Waals surface area contributed by atoms with Crippen LogP contribution in [0.5, 0.6) is 0 Å². The summed E-state index contributed by atoms with van der Waals surface area (Å²) in [6.45, 7) is 5.78. The van der Waals surface area contributed by atoms with Crippen LogP contribution in [0, 0.1) is 5.92 Å². The van der Waals surface area contributed by atoms with Crippen molar-refractivity contribution in [3.63, 3.8) is 0 Å². The largest absolute Gasteiger partial charge is 0.493 e. The predicted octanol–water partition coefficient (Wildman–Crippen LogP) is 10.8. The van der Waals surface area contributed by atoms with Crippen molar-refractivity contribution in [2.24, 2.45) is 5.92 Å². The molecule has 2 heterocycles. The van der Waals surface area contributed by atoms with Crippen molar-refractivity contribution in [2.45, 2.75) is 57.3 Å². The fraction of sp³-hybridized carbons (Fsp3) is 0.211. The van der Waals surface area contributed by atoms with Crippen LogP contribution in [0.15, 0.2) is 156 Å². The Labute approximate surface area is 255 Å². The molecular formula is C38H36O2S2. The Morgan fingerprint density at radius 1 is 0.714 bits per heavy atom. The van der Waals surface area contributed by atoms with Gasteiger partial charge in [-0.3, -0.25) is 0 Å². The van der Waals surface area contributed by atoms with Crippen LogP contribution in [0.1, 0.15) is 43.9 Å². The van der Waals surface area contributed by atoms with Crippen LogP contribution in [-0.4, -0.2) is 13.2 Å². The molecule has 2 unspecified atom stereocenters. The third-order valence-electron chi connectivity index (χ3n) is 8.20. The van der Waals surface area contributed by atoms with Crippen LogP contribution in [0.25, 0.3) is 5.76 Å². The maximum atomic E-state index is 6.59. The Morgan fingerprint density at radius 3 is 2.10 bits per heavy atom. The molecule has 4 heteroatoms. The summed E-state index contributed by atoms with van der Waals surface area (Å²) in [4.78, 5) is 8.29. The van der Waals surface area contributed by atoms with Gasteiger partial charge in [0.15, 0.2) is 0 Å². The molecule has 4 aromatic rings. The van der Waals surface area contributed by atoms with Crippen molar-refractivity contribution >= 4 is 27.5 Å². The zero-order valence-electron chi connectivity index (χ0n) is 24.2. The average molecular weight is 589 g/mol. The maximum absolute atomic E-state index is 6.59. The molecule has 4 aromatic carbocycles. The van der Waals surface area contributed by atoms with E-state index in [4.69, 9.17) is 9.47 Å². The highest BCUT2D eigenvalue weighted by molar-refractivity contribution is 8.35. The zero-order chi connectivity index (χ0) is 28.5. The molecule has 8 rings (SSSR count). The van der Waals surface area contributed by atoms with E-state index in [-0.39, 0.29) is 12.0 Å². The van der Waals surface area contributed by atoms with Crippen LogP contribution in [0.2, 0.25) is 0 Å². The van der Waals surface area contributed by atoms with E-state index >= 15 is 0 Å². The summed E-state index contributed by atoms with van der Waals surface area (Å²) in [5, 5.41) is 0. The lowest BCUT2D eigenvalue weighted by atomic mass is 9.78. The molecule has 0 saturated carbocycles. The summed E-state index contributed by atoms with van der Waals surface area (Å²) in [7, 11) is -1.41. The highest BCUT2D eigenvalue weighted by Crippen LogP contribution is 2.80. The molecule has 212 valence electrons. The van der Waals surface area contributed by atoms with Gasteiger partial charge in [0.25, 0.3) is 0 Å². The molecule has 2 atom stereocenters. The van der Waals surface area contributed by atoms with Crippen molar-refractivity contribution in [3.8, 4) is 0 Å². The molecule has 0 fully saturated rings. The Balaban J connectivity index is 1.28. The van der Waals surface area contributed by atoms with E-state index in [9.17, 15) is 0 Å². The second-order valence-electron chi connectivity index (χ2n) is 10.9. The first-order valence-electron chi connectivity index (χ1n) is 15.0. The van der Waals surface area contributed by atoms with Gasteiger partial charge in [0, 0.05) is 53.0 Å². The Kier molecular flexibility index (Phi) is 7.62. The predicted molar refractivity (Wildman–Crippen MR) is 175 cm³/mol. The average Bonchev–Trinajstić information content (AvgIpc) is 3.04. The number of ether oxygens (including phenoxy) is 2. The number of hydrogen-bond acceptors (Lipinski definition) is 3. The first-order valence-corrected chi connectivity index (χ1v) is 17.4. The molecule has 42 heavy (non-hydrogen) atoms. The SMILES string of the molecule is CCCOC1=C2C=CC(Sc3ccc4cc3S4(c3ccccc3)c3ccccc3)=CC2C(OCCC)c2ccccc21. The summed E-state index contributed by atoms with van der Waals surface area (Å²) in [6.07, 6.45) is 8.92. The van der Waals surface area contributed by atoms with Crippen molar-refractivity contribution in [2.75, 3.05) is 13.2 Å². The number of hydrogen-bond donors (Lipinski definition) is 0. The lowest BCUT2D eigenvalue weighted by molar-refractivity contribution is 0.0311. The molecule has 0 radical (unpaired) electrons. The summed E-state index contributed by atoms with van der Waals surface area (Å²) in [6, 6.07) is 37.9. The molecule has 2 bridgehead atoms. The molecule has 0 saturated heterocycles. The Bertz CT molecular complexity index is 1640. The van der Waals surface area contributed by atoms with Gasteiger partial charge >= 0.3 is 0 Å². The van der Waals surface area contributed by atoms with Gasteiger partial charge in [-0.1, -0.05) is 98.4 Å². The standard InChI is InChI=1S/C38H36O2S2/c1-3-23-39-37-31-17-11-12-18-32(31)38(40-24-4-2)34-25-27(19-21-33(34)37)41-35-22-20-30-26-36(35)42(30,28-13-7-5-8-14-28)29-15-9-6-10-16-29/h5-22,25-26,34,38H,3-4,23-24H2,1-2H3. The molecular weight excluding hydrogens is 553 g/mol. The normalized spacial score (nSPS) is 20.2. The second kappa shape index (κ2) is 11.7. The van der Waals surface area contributed by atoms with Crippen molar-refractivity contribution in [3.05, 3.63) is 143 Å². The summed E-state index contributed by atoms with van der Waals surface area (Å²) < 4.78 is 13.0. The van der Waals surface area contributed by atoms with Crippen LogP contribution < -0.4 is 0 Å². The van der Waals surface area contributed by atoms with Gasteiger partial charge in [-0.15, -0.1) is 10.0 Å². The van der Waals surface area contributed by atoms with Gasteiger partial charge in [-0.2, -0.15) is 0 Å². The minimum Gasteiger partial charge on any atom is -0.493 e. The minimum absolute atomic E-state index is 0.0289. The lowest BCUT2D eigenvalue weighted by Gasteiger charge is -2.49. The minimum atomic E-state index is -1.41. The van der Waals surface area contributed by atoms with Gasteiger partial charge in [0.1, 0.15) is 5.76 Å². The topological polar surface area (TPSA) is 18.5 Å². The third kappa shape index (κ3) is 4.48. The molecule has 2 aliphatic heterocycles. The number of rotatable bonds is 10. The molecule has 0 amide bonds. The van der Waals surface area contributed by atoms with Crippen LogP contribution in [-0.2, 0) is 9.47 Å². The van der Waals surface area contributed by atoms with Gasteiger partial charge in [-0.25, -0.2) is 0 Å². The van der Waals surface area contributed by atoms with Gasteiger partial charge in [0.05, 0.1) is 12.7 Å². The summed E-state index contributed by atoms with van der Waals surface area (Å²) in [5.74, 6) is 1.12. The van der Waals surface area contributed by atoms with Crippen LogP contribution in [0.4, 0.5) is 0 Å². The molecule has 4 aliphatic rings. The van der Waals surface area contributed by atoms with E-state index in [2.05, 4.69) is 135 Å². The van der Waals surface area contributed by atoms with Gasteiger partial charge in [0.2, 0.25) is 0 Å². The fourth-order valence-electron chi connectivity index (χ4n) is 6.36. The number of allylic oxidation sites excluding steroid dienone is 2. The first kappa shape index (κ1) is 27.4. The van der Waals surface area contributed by atoms with Crippen molar-refractivity contribution in [1.29, 1.82) is 0 Å². The fourth-order valence-corrected chi connectivity index (χ4v) is 11.5. The number of fused-ring (bicyclic) bond motifs is 4. The molecule has 0 spiro atoms. The van der Waals surface area contributed by atoms with E-state index in [1.165, 1.54) is 46.1 Å². The molecule has 0 aromatic heterocycles. The molecule has 0 N–H and O–H groups in total. The number of thioether (sulfide) groups is 1. The van der Waals surface area contributed by atoms with Gasteiger partial charge in [-0.05, 0) is 66.9 Å². The Morgan fingerprint density at radius 2 is 1.40 bits per heavy atom. The van der Waals surface area contributed by atoms with Crippen molar-refractivity contribution in [1.82, 2.24) is 0 Å². The Hall–Kier alpha value is -3.44. The van der Waals surface area contributed by atoms with E-state index in [1.54, 1.807) is 0 Å². The first-order chi connectivity index (χ1) is 20.8. The maximum Gasteiger partial charge on any atom is 0.130 e. The van der Waals surface area contributed by atoms with E-state index < -0.39 is 10.0 Å². The quantitative estimate of drug-likeness (QED) is 0.162. The zero-order valence-corrected chi connectivity index (χ0v) is 25.8. The molecule has 2 aliphatic carbocycles. The monoisotopic (exact) mass is 588 g/mol. The number of benzene rings is 4. The summed E-state index contributed by atoms with van der Waals surface area (Å²) in [5.41, 5.74) is 3.62. The van der Waals surface area contributed by atoms with E-state index in [1.807, 2.05) is 11.8 Å². The van der Waals surface area contributed by atoms with E-state index in [0.717, 1.165) is 25.2 Å². The van der Waals surface area contributed by atoms with Crippen molar-refractivity contribution < 1.29 is 9.47 Å². The highest BCUT2D eigenvalue weighted by atomic mass is 32.3. The van der Waals surface area contributed by atoms with Crippen LogP contribution >= 0.6 is 21.8 Å².